The summed E-state index contributed by atoms with van der Waals surface area (Å²) in [4.78, 5) is 12.1. The van der Waals surface area contributed by atoms with Crippen LogP contribution in [0.2, 0.25) is 0 Å². The Morgan fingerprint density at radius 3 is 2.50 bits per heavy atom. The molecule has 0 spiro atoms. The number of nitrogens with zero attached hydrogens (tertiary/aromatic N) is 2. The maximum absolute atomic E-state index is 12.1. The van der Waals surface area contributed by atoms with Crippen molar-refractivity contribution in [3.63, 3.8) is 0 Å². The largest absolute Gasteiger partial charge is 0.352 e. The minimum Gasteiger partial charge on any atom is -0.352 e. The summed E-state index contributed by atoms with van der Waals surface area (Å²) in [5, 5.41) is 7.41. The molecule has 0 bridgehead atoms. The van der Waals surface area contributed by atoms with Crippen molar-refractivity contribution >= 4 is 21.8 Å². The maximum Gasteiger partial charge on any atom is 0.244 e. The summed E-state index contributed by atoms with van der Waals surface area (Å²) in [5.41, 5.74) is 1.90. The zero-order valence-corrected chi connectivity index (χ0v) is 13.3. The second kappa shape index (κ2) is 6.36. The van der Waals surface area contributed by atoms with E-state index >= 15 is 0 Å². The van der Waals surface area contributed by atoms with E-state index in [0.29, 0.717) is 0 Å². The van der Waals surface area contributed by atoms with Crippen molar-refractivity contribution in [3.05, 3.63) is 15.9 Å². The maximum atomic E-state index is 12.1. The van der Waals surface area contributed by atoms with Crippen LogP contribution in [0.5, 0.6) is 0 Å². The Labute approximate surface area is 117 Å². The minimum absolute atomic E-state index is 0.0223. The Morgan fingerprint density at radius 2 is 2.06 bits per heavy atom. The molecule has 0 radical (unpaired) electrons. The second-order valence-electron chi connectivity index (χ2n) is 4.80. The topological polar surface area (TPSA) is 46.9 Å². The molecule has 0 saturated heterocycles. The molecular formula is C13H22BrN3O. The fourth-order valence-corrected chi connectivity index (χ4v) is 2.26. The monoisotopic (exact) mass is 315 g/mol. The average molecular weight is 316 g/mol. The summed E-state index contributed by atoms with van der Waals surface area (Å²) in [6.45, 7) is 9.91. The fraction of sp³-hybridized carbons (Fsp3) is 0.692. The molecule has 1 N–H and O–H groups in total. The van der Waals surface area contributed by atoms with Crippen LogP contribution in [0.15, 0.2) is 4.47 Å². The van der Waals surface area contributed by atoms with E-state index in [1.807, 2.05) is 27.7 Å². The highest BCUT2D eigenvalue weighted by molar-refractivity contribution is 9.10. The Hall–Kier alpha value is -0.840. The van der Waals surface area contributed by atoms with Crippen molar-refractivity contribution in [1.29, 1.82) is 0 Å². The van der Waals surface area contributed by atoms with Crippen LogP contribution in [0.3, 0.4) is 0 Å². The van der Waals surface area contributed by atoms with Crippen molar-refractivity contribution in [2.24, 2.45) is 0 Å². The van der Waals surface area contributed by atoms with Crippen molar-refractivity contribution in [2.45, 2.75) is 59.5 Å². The van der Waals surface area contributed by atoms with E-state index < -0.39 is 0 Å². The van der Waals surface area contributed by atoms with E-state index in [1.165, 1.54) is 0 Å². The van der Waals surface area contributed by atoms with Gasteiger partial charge in [0.2, 0.25) is 5.91 Å². The number of aryl methyl sites for hydroxylation is 1. The quantitative estimate of drug-likeness (QED) is 0.907. The zero-order valence-electron chi connectivity index (χ0n) is 11.7. The number of carbonyl (C=O) groups excluding carboxylic acids is 1. The molecule has 0 fully saturated rings. The first-order valence-corrected chi connectivity index (χ1v) is 7.19. The molecule has 0 saturated carbocycles. The van der Waals surface area contributed by atoms with Gasteiger partial charge in [-0.05, 0) is 50.0 Å². The Balaban J connectivity index is 2.77. The van der Waals surface area contributed by atoms with E-state index in [0.717, 1.165) is 28.7 Å². The highest BCUT2D eigenvalue weighted by atomic mass is 79.9. The molecule has 1 rings (SSSR count). The van der Waals surface area contributed by atoms with Gasteiger partial charge in [-0.15, -0.1) is 0 Å². The molecule has 18 heavy (non-hydrogen) atoms. The zero-order chi connectivity index (χ0) is 13.9. The smallest absolute Gasteiger partial charge is 0.244 e. The van der Waals surface area contributed by atoms with Crippen molar-refractivity contribution in [2.75, 3.05) is 0 Å². The molecule has 2 unspecified atom stereocenters. The lowest BCUT2D eigenvalue weighted by Crippen LogP contribution is -2.37. The van der Waals surface area contributed by atoms with Crippen LogP contribution < -0.4 is 5.32 Å². The molecular weight excluding hydrogens is 294 g/mol. The summed E-state index contributed by atoms with van der Waals surface area (Å²) in [6, 6.07) is -0.0698. The Morgan fingerprint density at radius 1 is 1.44 bits per heavy atom. The molecule has 0 aliphatic carbocycles. The van der Waals surface area contributed by atoms with Crippen LogP contribution >= 0.6 is 15.9 Å². The number of amides is 1. The Bertz CT molecular complexity index is 428. The van der Waals surface area contributed by atoms with Crippen LogP contribution in [0, 0.1) is 13.8 Å². The van der Waals surface area contributed by atoms with Crippen molar-refractivity contribution in [3.8, 4) is 0 Å². The third kappa shape index (κ3) is 3.34. The van der Waals surface area contributed by atoms with Crippen molar-refractivity contribution in [1.82, 2.24) is 15.1 Å². The summed E-state index contributed by atoms with van der Waals surface area (Å²) in [5.74, 6) is 0.0223. The molecule has 0 aliphatic rings. The van der Waals surface area contributed by atoms with Crippen LogP contribution in [0.4, 0.5) is 0 Å². The van der Waals surface area contributed by atoms with Gasteiger partial charge in [0.05, 0.1) is 15.9 Å². The number of hydrogen-bond donors (Lipinski definition) is 1. The van der Waals surface area contributed by atoms with E-state index in [-0.39, 0.29) is 18.0 Å². The van der Waals surface area contributed by atoms with Gasteiger partial charge in [0.15, 0.2) is 0 Å². The van der Waals surface area contributed by atoms with Gasteiger partial charge < -0.3 is 5.32 Å². The second-order valence-corrected chi connectivity index (χ2v) is 5.60. The molecule has 2 atom stereocenters. The number of aromatic nitrogens is 2. The molecule has 4 nitrogen and oxygen atoms in total. The average Bonchev–Trinajstić information content (AvgIpc) is 2.56. The van der Waals surface area contributed by atoms with Crippen LogP contribution in [-0.4, -0.2) is 21.7 Å². The molecule has 1 heterocycles. The van der Waals surface area contributed by atoms with Gasteiger partial charge in [-0.3, -0.25) is 9.48 Å². The lowest BCUT2D eigenvalue weighted by Gasteiger charge is -2.18. The molecule has 5 heteroatoms. The van der Waals surface area contributed by atoms with Gasteiger partial charge in [-0.2, -0.15) is 5.10 Å². The number of nitrogens with one attached hydrogen (secondary N) is 1. The van der Waals surface area contributed by atoms with E-state index in [9.17, 15) is 4.79 Å². The van der Waals surface area contributed by atoms with Gasteiger partial charge in [0.1, 0.15) is 6.04 Å². The fourth-order valence-electron chi connectivity index (χ4n) is 2.00. The third-order valence-corrected chi connectivity index (χ3v) is 4.24. The number of halogens is 1. The van der Waals surface area contributed by atoms with Crippen LogP contribution in [-0.2, 0) is 4.79 Å². The first-order valence-electron chi connectivity index (χ1n) is 6.40. The predicted molar refractivity (Wildman–Crippen MR) is 76.6 cm³/mol. The van der Waals surface area contributed by atoms with Gasteiger partial charge in [-0.1, -0.05) is 13.3 Å². The summed E-state index contributed by atoms with van der Waals surface area (Å²) >= 11 is 3.48. The summed E-state index contributed by atoms with van der Waals surface area (Å²) in [7, 11) is 0. The van der Waals surface area contributed by atoms with E-state index in [2.05, 4.69) is 33.3 Å². The number of rotatable bonds is 5. The normalized spacial score (nSPS) is 14.3. The first-order chi connectivity index (χ1) is 8.38. The standard InChI is InChI=1S/C13H22BrN3O/c1-6-7-8(2)15-13(18)11(5)17-10(4)12(14)9(3)16-17/h8,11H,6-7H2,1-5H3,(H,15,18). The number of carbonyl (C=O) groups is 1. The molecule has 102 valence electrons. The molecule has 1 amide bonds. The molecule has 1 aromatic heterocycles. The third-order valence-electron chi connectivity index (χ3n) is 3.09. The lowest BCUT2D eigenvalue weighted by molar-refractivity contribution is -0.124. The summed E-state index contributed by atoms with van der Waals surface area (Å²) < 4.78 is 2.75. The van der Waals surface area contributed by atoms with Crippen LogP contribution in [0.25, 0.3) is 0 Å². The highest BCUT2D eigenvalue weighted by Crippen LogP contribution is 2.22. The first kappa shape index (κ1) is 15.2. The number of hydrogen-bond acceptors (Lipinski definition) is 2. The van der Waals surface area contributed by atoms with E-state index in [4.69, 9.17) is 0 Å². The molecule has 1 aromatic rings. The Kier molecular flexibility index (Phi) is 5.38. The molecule has 0 aliphatic heterocycles. The predicted octanol–water partition coefficient (Wildman–Crippen LogP) is 3.13. The van der Waals surface area contributed by atoms with Gasteiger partial charge in [-0.25, -0.2) is 0 Å². The SMILES string of the molecule is CCCC(C)NC(=O)C(C)n1nc(C)c(Br)c1C. The lowest BCUT2D eigenvalue weighted by atomic mass is 10.2. The van der Waals surface area contributed by atoms with Crippen molar-refractivity contribution < 1.29 is 4.79 Å². The highest BCUT2D eigenvalue weighted by Gasteiger charge is 2.21. The molecule has 0 aromatic carbocycles. The van der Waals surface area contributed by atoms with Gasteiger partial charge in [0.25, 0.3) is 0 Å². The van der Waals surface area contributed by atoms with E-state index in [1.54, 1.807) is 4.68 Å². The minimum atomic E-state index is -0.283. The van der Waals surface area contributed by atoms with Crippen LogP contribution in [0.1, 0.15) is 51.0 Å². The summed E-state index contributed by atoms with van der Waals surface area (Å²) in [6.07, 6.45) is 2.07. The van der Waals surface area contributed by atoms with Gasteiger partial charge >= 0.3 is 0 Å². The van der Waals surface area contributed by atoms with Gasteiger partial charge in [0, 0.05) is 6.04 Å².